The third-order valence-corrected chi connectivity index (χ3v) is 1.80. The highest BCUT2D eigenvalue weighted by molar-refractivity contribution is 6.31. The van der Waals surface area contributed by atoms with Crippen molar-refractivity contribution >= 4 is 11.6 Å². The van der Waals surface area contributed by atoms with Gasteiger partial charge in [-0.25, -0.2) is 0 Å². The average molecular weight is 170 g/mol. The Morgan fingerprint density at radius 3 is 2.55 bits per heavy atom. The van der Waals surface area contributed by atoms with Crippen molar-refractivity contribution < 1.29 is 5.11 Å². The summed E-state index contributed by atoms with van der Waals surface area (Å²) in [6, 6.07) is 8.00. The molecule has 59 valence electrons. The summed E-state index contributed by atoms with van der Waals surface area (Å²) in [5.41, 5.74) is -0.170. The maximum absolute atomic E-state index is 9.57. The van der Waals surface area contributed by atoms with Gasteiger partial charge in [-0.1, -0.05) is 17.7 Å². The Hall–Kier alpha value is -0.530. The second-order valence-corrected chi connectivity index (χ2v) is 3.37. The van der Waals surface area contributed by atoms with Gasteiger partial charge in [-0.2, -0.15) is 0 Å². The minimum absolute atomic E-state index is 0.580. The molecule has 0 spiro atoms. The normalized spacial score (nSPS) is 11.6. The van der Waals surface area contributed by atoms with Gasteiger partial charge in [0, 0.05) is 10.6 Å². The molecule has 1 nitrogen and oxygen atoms in total. The van der Waals surface area contributed by atoms with E-state index in [0.717, 1.165) is 0 Å². The van der Waals surface area contributed by atoms with Crippen molar-refractivity contribution in [2.75, 3.05) is 0 Å². The molecule has 1 rings (SSSR count). The molecule has 0 aromatic heterocycles. The summed E-state index contributed by atoms with van der Waals surface area (Å²) in [5.74, 6) is 0. The van der Waals surface area contributed by atoms with Crippen molar-refractivity contribution in [3.8, 4) is 0 Å². The molecular formula is C9H10ClO. The van der Waals surface area contributed by atoms with Gasteiger partial charge >= 0.3 is 0 Å². The number of aliphatic hydroxyl groups is 1. The van der Waals surface area contributed by atoms with Crippen LogP contribution in [-0.4, -0.2) is 5.11 Å². The molecule has 11 heavy (non-hydrogen) atoms. The Labute approximate surface area is 71.6 Å². The summed E-state index contributed by atoms with van der Waals surface area (Å²) in [7, 11) is 0. The first kappa shape index (κ1) is 8.57. The minimum atomic E-state index is -0.880. The minimum Gasteiger partial charge on any atom is -0.386 e. The van der Waals surface area contributed by atoms with Crippen LogP contribution in [0.3, 0.4) is 0 Å². The van der Waals surface area contributed by atoms with E-state index < -0.39 is 5.60 Å². The van der Waals surface area contributed by atoms with E-state index in [4.69, 9.17) is 11.6 Å². The fourth-order valence-electron chi connectivity index (χ4n) is 0.880. The lowest BCUT2D eigenvalue weighted by Gasteiger charge is -2.18. The molecule has 0 unspecified atom stereocenters. The lowest BCUT2D eigenvalue weighted by atomic mass is 9.99. The molecule has 0 aliphatic rings. The Kier molecular flexibility index (Phi) is 2.21. The number of benzene rings is 1. The first-order valence-corrected chi connectivity index (χ1v) is 3.78. The van der Waals surface area contributed by atoms with Crippen LogP contribution in [0, 0.1) is 6.07 Å². The molecule has 1 radical (unpaired) electrons. The van der Waals surface area contributed by atoms with E-state index in [1.165, 1.54) is 0 Å². The highest BCUT2D eigenvalue weighted by Crippen LogP contribution is 2.26. The van der Waals surface area contributed by atoms with Crippen LogP contribution in [0.5, 0.6) is 0 Å². The topological polar surface area (TPSA) is 20.2 Å². The lowest BCUT2D eigenvalue weighted by molar-refractivity contribution is 0.0787. The Bertz CT molecular complexity index is 250. The smallest absolute Gasteiger partial charge is 0.0855 e. The van der Waals surface area contributed by atoms with Gasteiger partial charge in [0.1, 0.15) is 0 Å². The molecule has 1 aromatic carbocycles. The van der Waals surface area contributed by atoms with Crippen LogP contribution in [-0.2, 0) is 5.60 Å². The molecule has 1 aromatic rings. The third kappa shape index (κ3) is 1.95. The van der Waals surface area contributed by atoms with Gasteiger partial charge in [-0.05, 0) is 32.0 Å². The molecule has 2 heteroatoms. The van der Waals surface area contributed by atoms with Crippen molar-refractivity contribution in [1.82, 2.24) is 0 Å². The largest absolute Gasteiger partial charge is 0.386 e. The highest BCUT2D eigenvalue weighted by atomic mass is 35.5. The van der Waals surface area contributed by atoms with Crippen LogP contribution in [0.25, 0.3) is 0 Å². The number of hydrogen-bond donors (Lipinski definition) is 1. The summed E-state index contributed by atoms with van der Waals surface area (Å²) < 4.78 is 0. The molecule has 1 N–H and O–H groups in total. The van der Waals surface area contributed by atoms with Crippen molar-refractivity contribution in [3.63, 3.8) is 0 Å². The second kappa shape index (κ2) is 2.84. The van der Waals surface area contributed by atoms with Gasteiger partial charge in [0.25, 0.3) is 0 Å². The van der Waals surface area contributed by atoms with E-state index in [0.29, 0.717) is 10.6 Å². The van der Waals surface area contributed by atoms with Crippen LogP contribution < -0.4 is 0 Å². The highest BCUT2D eigenvalue weighted by Gasteiger charge is 2.18. The van der Waals surface area contributed by atoms with Gasteiger partial charge < -0.3 is 5.11 Å². The molecule has 0 atom stereocenters. The summed E-state index contributed by atoms with van der Waals surface area (Å²) in [5, 5.41) is 10.1. The van der Waals surface area contributed by atoms with Crippen LogP contribution in [0.2, 0.25) is 5.02 Å². The predicted molar refractivity (Wildman–Crippen MR) is 45.5 cm³/mol. The monoisotopic (exact) mass is 169 g/mol. The van der Waals surface area contributed by atoms with E-state index in [1.807, 2.05) is 0 Å². The molecule has 0 amide bonds. The van der Waals surface area contributed by atoms with E-state index in [-0.39, 0.29) is 0 Å². The summed E-state index contributed by atoms with van der Waals surface area (Å²) in [4.78, 5) is 0. The average Bonchev–Trinajstić information content (AvgIpc) is 1.86. The molecule has 0 heterocycles. The quantitative estimate of drug-likeness (QED) is 0.685. The number of rotatable bonds is 1. The molecular weight excluding hydrogens is 160 g/mol. The van der Waals surface area contributed by atoms with E-state index in [9.17, 15) is 5.11 Å². The molecule has 0 fully saturated rings. The van der Waals surface area contributed by atoms with E-state index in [1.54, 1.807) is 32.0 Å². The Balaban J connectivity index is 3.14. The Morgan fingerprint density at radius 1 is 1.55 bits per heavy atom. The van der Waals surface area contributed by atoms with Gasteiger partial charge in [0.05, 0.1) is 5.60 Å². The number of hydrogen-bond acceptors (Lipinski definition) is 1. The standard InChI is InChI=1S/C9H10ClO/c1-9(2,11)7-5-3-4-6-8(7)10/h4-6,11H,1-2H3. The lowest BCUT2D eigenvalue weighted by Crippen LogP contribution is -2.15. The molecule has 0 saturated carbocycles. The fraction of sp³-hybridized carbons (Fsp3) is 0.333. The van der Waals surface area contributed by atoms with Crippen molar-refractivity contribution in [2.24, 2.45) is 0 Å². The second-order valence-electron chi connectivity index (χ2n) is 2.96. The Morgan fingerprint density at radius 2 is 2.18 bits per heavy atom. The van der Waals surface area contributed by atoms with Crippen molar-refractivity contribution in [3.05, 3.63) is 34.9 Å². The van der Waals surface area contributed by atoms with Gasteiger partial charge in [-0.3, -0.25) is 0 Å². The zero-order chi connectivity index (χ0) is 8.48. The van der Waals surface area contributed by atoms with Crippen LogP contribution in [0.15, 0.2) is 18.2 Å². The molecule has 0 aliphatic carbocycles. The van der Waals surface area contributed by atoms with Crippen molar-refractivity contribution in [1.29, 1.82) is 0 Å². The first-order chi connectivity index (χ1) is 5.02. The summed E-state index contributed by atoms with van der Waals surface area (Å²) in [6.45, 7) is 3.39. The zero-order valence-electron chi connectivity index (χ0n) is 6.56. The summed E-state index contributed by atoms with van der Waals surface area (Å²) >= 11 is 5.83. The van der Waals surface area contributed by atoms with Crippen LogP contribution >= 0.6 is 11.6 Å². The van der Waals surface area contributed by atoms with E-state index >= 15 is 0 Å². The van der Waals surface area contributed by atoms with Crippen LogP contribution in [0.1, 0.15) is 19.4 Å². The maximum atomic E-state index is 9.57. The zero-order valence-corrected chi connectivity index (χ0v) is 7.31. The van der Waals surface area contributed by atoms with Crippen LogP contribution in [0.4, 0.5) is 0 Å². The number of halogens is 1. The molecule has 0 bridgehead atoms. The molecule has 0 saturated heterocycles. The first-order valence-electron chi connectivity index (χ1n) is 3.40. The maximum Gasteiger partial charge on any atom is 0.0855 e. The van der Waals surface area contributed by atoms with Gasteiger partial charge in [0.15, 0.2) is 0 Å². The SMILES string of the molecule is CC(C)(O)c1c[c]ccc1Cl. The predicted octanol–water partition coefficient (Wildman–Crippen LogP) is 2.37. The van der Waals surface area contributed by atoms with Gasteiger partial charge in [0.2, 0.25) is 0 Å². The summed E-state index contributed by atoms with van der Waals surface area (Å²) in [6.07, 6.45) is 0. The fourth-order valence-corrected chi connectivity index (χ4v) is 1.23. The van der Waals surface area contributed by atoms with Gasteiger partial charge in [-0.15, -0.1) is 0 Å². The van der Waals surface area contributed by atoms with E-state index in [2.05, 4.69) is 6.07 Å². The van der Waals surface area contributed by atoms with Crippen molar-refractivity contribution in [2.45, 2.75) is 19.4 Å². The third-order valence-electron chi connectivity index (χ3n) is 1.47. The molecule has 0 aliphatic heterocycles.